The van der Waals surface area contributed by atoms with Crippen LogP contribution in [-0.2, 0) is 27.2 Å². The van der Waals surface area contributed by atoms with Gasteiger partial charge in [-0.15, -0.1) is 0 Å². The number of alkyl halides is 5. The highest BCUT2D eigenvalue weighted by molar-refractivity contribution is 7.84. The molecule has 1 aliphatic rings. The Hall–Kier alpha value is -2.14. The Morgan fingerprint density at radius 2 is 1.80 bits per heavy atom. The van der Waals surface area contributed by atoms with Crippen molar-refractivity contribution < 1.29 is 40.4 Å². The maximum absolute atomic E-state index is 14.2. The molecular weight excluding hydrogens is 637 g/mol. The Kier molecular flexibility index (Phi) is 11.2. The number of nitrogens with zero attached hydrogens (tertiary/aromatic N) is 3. The van der Waals surface area contributed by atoms with Gasteiger partial charge >= 0.3 is 12.2 Å². The van der Waals surface area contributed by atoms with Crippen molar-refractivity contribution in [2.24, 2.45) is 0 Å². The molecule has 256 valence electrons. The Labute approximate surface area is 265 Å². The first-order valence-corrected chi connectivity index (χ1v) is 19.7. The Balaban J connectivity index is 2.09. The number of halogens is 5. The fraction of sp³-hybridized carbons (Fsp3) is 0.724. The molecule has 3 rings (SSSR count). The summed E-state index contributed by atoms with van der Waals surface area (Å²) in [5.41, 5.74) is -0.996. The van der Waals surface area contributed by atoms with E-state index >= 15 is 0 Å². The largest absolute Gasteiger partial charge is 0.416 e. The number of carbonyl (C=O) groups excluding carboxylic acids is 1. The van der Waals surface area contributed by atoms with Gasteiger partial charge in [0, 0.05) is 14.7 Å². The lowest BCUT2D eigenvalue weighted by molar-refractivity contribution is -0.265. The van der Waals surface area contributed by atoms with Gasteiger partial charge in [0.2, 0.25) is 0 Å². The summed E-state index contributed by atoms with van der Waals surface area (Å²) in [7, 11) is -3.17. The van der Waals surface area contributed by atoms with E-state index in [0.717, 1.165) is 24.8 Å². The van der Waals surface area contributed by atoms with E-state index in [2.05, 4.69) is 29.7 Å². The number of carbonyl (C=O) groups is 1. The summed E-state index contributed by atoms with van der Waals surface area (Å²) in [6.45, 7) is 13.6. The maximum atomic E-state index is 14.2. The van der Waals surface area contributed by atoms with Crippen LogP contribution < -0.4 is 10.0 Å². The SMILES string of the molecule is C[C@H](c1ccc2nc([C@H](COC(C)(C)C(F)(F)F)N[S@](=O)C(C)(C)C)n(COCC[Si](C)(C)C)c2c1)N1CC(F)(F)CNC1=O. The first kappa shape index (κ1) is 37.3. The van der Waals surface area contributed by atoms with Gasteiger partial charge in [0.15, 0.2) is 5.60 Å². The molecule has 0 aliphatic carbocycles. The monoisotopic (exact) mass is 683 g/mol. The lowest BCUT2D eigenvalue weighted by atomic mass is 10.0. The lowest BCUT2D eigenvalue weighted by Crippen LogP contribution is -2.57. The predicted octanol–water partition coefficient (Wildman–Crippen LogP) is 6.52. The summed E-state index contributed by atoms with van der Waals surface area (Å²) in [5.74, 6) is -2.86. The lowest BCUT2D eigenvalue weighted by Gasteiger charge is -2.37. The molecule has 1 aromatic heterocycles. The van der Waals surface area contributed by atoms with Crippen molar-refractivity contribution in [1.29, 1.82) is 0 Å². The molecule has 0 unspecified atom stereocenters. The number of urea groups is 1. The molecule has 1 aliphatic heterocycles. The second kappa shape index (κ2) is 13.5. The minimum atomic E-state index is -4.66. The van der Waals surface area contributed by atoms with Crippen LogP contribution >= 0.6 is 0 Å². The smallest absolute Gasteiger partial charge is 0.364 e. The highest BCUT2D eigenvalue weighted by atomic mass is 32.2. The number of rotatable bonds is 13. The van der Waals surface area contributed by atoms with Crippen LogP contribution in [0.3, 0.4) is 0 Å². The molecule has 2 amide bonds. The quantitative estimate of drug-likeness (QED) is 0.142. The zero-order valence-electron chi connectivity index (χ0n) is 27.4. The number of aromatic nitrogens is 2. The molecule has 2 aromatic rings. The molecule has 1 saturated heterocycles. The second-order valence-electron chi connectivity index (χ2n) is 14.2. The zero-order chi connectivity index (χ0) is 34.2. The molecule has 0 bridgehead atoms. The normalized spacial score (nSPS) is 18.6. The van der Waals surface area contributed by atoms with E-state index in [0.29, 0.717) is 23.2 Å². The van der Waals surface area contributed by atoms with Crippen LogP contribution in [0.4, 0.5) is 26.7 Å². The molecule has 0 saturated carbocycles. The number of hydrogen-bond donors (Lipinski definition) is 2. The number of nitrogens with one attached hydrogen (secondary N) is 2. The van der Waals surface area contributed by atoms with E-state index in [9.17, 15) is 31.0 Å². The topological polar surface area (TPSA) is 97.7 Å². The van der Waals surface area contributed by atoms with E-state index in [-0.39, 0.29) is 12.6 Å². The maximum Gasteiger partial charge on any atom is 0.416 e. The van der Waals surface area contributed by atoms with Gasteiger partial charge in [-0.1, -0.05) is 25.7 Å². The molecule has 1 aromatic carbocycles. The molecule has 9 nitrogen and oxygen atoms in total. The second-order valence-corrected chi connectivity index (χ2v) is 21.8. The molecule has 1 fully saturated rings. The minimum absolute atomic E-state index is 0.0284. The van der Waals surface area contributed by atoms with Crippen LogP contribution in [0.15, 0.2) is 18.2 Å². The molecule has 3 atom stereocenters. The summed E-state index contributed by atoms with van der Waals surface area (Å²) in [6.07, 6.45) is -4.66. The number of fused-ring (bicyclic) bond motifs is 1. The molecule has 2 N–H and O–H groups in total. The van der Waals surface area contributed by atoms with Crippen molar-refractivity contribution in [3.05, 3.63) is 29.6 Å². The summed E-state index contributed by atoms with van der Waals surface area (Å²) in [4.78, 5) is 18.3. The highest BCUT2D eigenvalue weighted by Crippen LogP contribution is 2.35. The Morgan fingerprint density at radius 3 is 2.38 bits per heavy atom. The van der Waals surface area contributed by atoms with Crippen molar-refractivity contribution in [3.8, 4) is 0 Å². The molecule has 45 heavy (non-hydrogen) atoms. The molecule has 0 radical (unpaired) electrons. The molecular formula is C29H46F5N5O4SSi. The van der Waals surface area contributed by atoms with Crippen LogP contribution in [0.1, 0.15) is 65.0 Å². The standard InChI is InChI=1S/C29H46F5N5O4SSi/c1-19(38-17-28(30,31)16-35-25(38)40)20-10-11-21-23(14-20)39(18-42-12-13-45(7,8)9)24(36-21)22(37-44(41)26(2,3)4)15-43-27(5,6)29(32,33)34/h10-11,14,19,22,37H,12-13,15-18H2,1-9H3,(H,35,40)/t19-,22+,44-/m1/s1. The van der Waals surface area contributed by atoms with Crippen molar-refractivity contribution in [2.75, 3.05) is 26.3 Å². The summed E-state index contributed by atoms with van der Waals surface area (Å²) >= 11 is 0. The van der Waals surface area contributed by atoms with Gasteiger partial charge in [-0.2, -0.15) is 13.2 Å². The number of hydrogen-bond acceptors (Lipinski definition) is 5. The van der Waals surface area contributed by atoms with Crippen LogP contribution in [0, 0.1) is 0 Å². The van der Waals surface area contributed by atoms with Crippen molar-refractivity contribution in [2.45, 2.75) is 108 Å². The van der Waals surface area contributed by atoms with E-state index in [1.807, 2.05) is 0 Å². The van der Waals surface area contributed by atoms with E-state index in [1.165, 1.54) is 0 Å². The summed E-state index contributed by atoms with van der Waals surface area (Å²) < 4.78 is 98.0. The van der Waals surface area contributed by atoms with Crippen LogP contribution in [0.2, 0.25) is 25.7 Å². The third-order valence-corrected chi connectivity index (χ3v) is 10.9. The van der Waals surface area contributed by atoms with Crippen molar-refractivity contribution in [1.82, 2.24) is 24.5 Å². The third-order valence-electron chi connectivity index (χ3n) is 7.54. The third kappa shape index (κ3) is 9.69. The number of amides is 2. The average molecular weight is 684 g/mol. The minimum Gasteiger partial charge on any atom is -0.364 e. The first-order chi connectivity index (χ1) is 20.4. The number of ether oxygens (including phenoxy) is 2. The molecule has 2 heterocycles. The Bertz CT molecular complexity index is 1370. The number of benzene rings is 1. The fourth-order valence-corrected chi connectivity index (χ4v) is 5.91. The summed E-state index contributed by atoms with van der Waals surface area (Å²) in [6, 6.07) is 3.48. The van der Waals surface area contributed by atoms with Gasteiger partial charge in [-0.25, -0.2) is 27.5 Å². The van der Waals surface area contributed by atoms with E-state index < -0.39 is 79.3 Å². The van der Waals surface area contributed by atoms with Gasteiger partial charge < -0.3 is 24.3 Å². The van der Waals surface area contributed by atoms with Gasteiger partial charge in [-0.05, 0) is 65.3 Å². The zero-order valence-corrected chi connectivity index (χ0v) is 29.2. The van der Waals surface area contributed by atoms with Crippen LogP contribution in [-0.4, -0.2) is 81.5 Å². The van der Waals surface area contributed by atoms with Gasteiger partial charge in [0.25, 0.3) is 5.92 Å². The van der Waals surface area contributed by atoms with Crippen molar-refractivity contribution >= 4 is 36.1 Å². The van der Waals surface area contributed by atoms with Crippen LogP contribution in [0.25, 0.3) is 11.0 Å². The summed E-state index contributed by atoms with van der Waals surface area (Å²) in [5, 5.41) is 2.23. The fourth-order valence-electron chi connectivity index (χ4n) is 4.37. The number of imidazole rings is 1. The Morgan fingerprint density at radius 1 is 1.16 bits per heavy atom. The van der Waals surface area contributed by atoms with Crippen molar-refractivity contribution in [3.63, 3.8) is 0 Å². The molecule has 0 spiro atoms. The van der Waals surface area contributed by atoms with Gasteiger partial charge in [0.1, 0.15) is 18.6 Å². The van der Waals surface area contributed by atoms with E-state index in [4.69, 9.17) is 14.5 Å². The predicted molar refractivity (Wildman–Crippen MR) is 167 cm³/mol. The highest BCUT2D eigenvalue weighted by Gasteiger charge is 2.49. The van der Waals surface area contributed by atoms with Crippen LogP contribution in [0.5, 0.6) is 0 Å². The van der Waals surface area contributed by atoms with Gasteiger partial charge in [-0.3, -0.25) is 0 Å². The first-order valence-electron chi connectivity index (χ1n) is 14.8. The van der Waals surface area contributed by atoms with Gasteiger partial charge in [0.05, 0.1) is 52.5 Å². The van der Waals surface area contributed by atoms with E-state index in [1.54, 1.807) is 50.5 Å². The molecule has 16 heteroatoms. The average Bonchev–Trinajstić information content (AvgIpc) is 3.25.